The number of aromatic amines is 1. The van der Waals surface area contributed by atoms with E-state index in [2.05, 4.69) is 16.0 Å². The highest BCUT2D eigenvalue weighted by Crippen LogP contribution is 2.12. The fourth-order valence-corrected chi connectivity index (χ4v) is 1.83. The summed E-state index contributed by atoms with van der Waals surface area (Å²) in [6, 6.07) is 7.82. The van der Waals surface area contributed by atoms with Crippen molar-refractivity contribution >= 4 is 11.1 Å². The van der Waals surface area contributed by atoms with Gasteiger partial charge in [-0.05, 0) is 31.2 Å². The van der Waals surface area contributed by atoms with Crippen LogP contribution in [-0.4, -0.2) is 30.0 Å². The minimum Gasteiger partial charge on any atom is -0.408 e. The number of likely N-dealkylation sites (N-methyl/N-ethyl adjacent to an activating group) is 1. The van der Waals surface area contributed by atoms with Crippen molar-refractivity contribution in [1.82, 2.24) is 9.88 Å². The number of hydrogen-bond acceptors (Lipinski definition) is 4. The van der Waals surface area contributed by atoms with Crippen LogP contribution in [0.1, 0.15) is 12.0 Å². The lowest BCUT2D eigenvalue weighted by Crippen LogP contribution is -2.22. The molecule has 0 aliphatic rings. The zero-order valence-electron chi connectivity index (χ0n) is 10.3. The van der Waals surface area contributed by atoms with Crippen molar-refractivity contribution in [3.63, 3.8) is 0 Å². The van der Waals surface area contributed by atoms with Crippen molar-refractivity contribution in [1.29, 1.82) is 5.26 Å². The number of aromatic nitrogens is 1. The number of fused-ring (bicyclic) bond motifs is 1. The molecule has 0 atom stereocenters. The second-order valence-electron chi connectivity index (χ2n) is 4.31. The summed E-state index contributed by atoms with van der Waals surface area (Å²) in [5.41, 5.74) is 2.46. The number of benzene rings is 1. The Bertz CT molecular complexity index is 621. The summed E-state index contributed by atoms with van der Waals surface area (Å²) in [6.07, 6.45) is 1.43. The maximum atomic E-state index is 11.0. The summed E-state index contributed by atoms with van der Waals surface area (Å²) in [5.74, 6) is -0.423. The van der Waals surface area contributed by atoms with E-state index < -0.39 is 5.76 Å². The minimum atomic E-state index is -0.423. The molecule has 1 aromatic carbocycles. The summed E-state index contributed by atoms with van der Waals surface area (Å²) >= 11 is 0. The lowest BCUT2D eigenvalue weighted by atomic mass is 10.1. The molecule has 94 valence electrons. The first-order chi connectivity index (χ1) is 8.69. The SMILES string of the molecule is CN(CCC#N)CCc1ccc2oc(=O)[nH]c2c1. The summed E-state index contributed by atoms with van der Waals surface area (Å²) in [6.45, 7) is 1.66. The highest BCUT2D eigenvalue weighted by Gasteiger charge is 2.03. The third-order valence-corrected chi connectivity index (χ3v) is 2.87. The lowest BCUT2D eigenvalue weighted by molar-refractivity contribution is 0.346. The standard InChI is InChI=1S/C13H15N3O2/c1-16(7-2-6-14)8-5-10-3-4-12-11(9-10)15-13(17)18-12/h3-4,9H,2,5,7-8H2,1H3,(H,15,17). The molecule has 0 radical (unpaired) electrons. The highest BCUT2D eigenvalue weighted by molar-refractivity contribution is 5.72. The molecule has 1 N–H and O–H groups in total. The molecule has 0 aliphatic carbocycles. The second-order valence-corrected chi connectivity index (χ2v) is 4.31. The van der Waals surface area contributed by atoms with Gasteiger partial charge in [-0.2, -0.15) is 5.26 Å². The van der Waals surface area contributed by atoms with Crippen LogP contribution in [0.3, 0.4) is 0 Å². The third kappa shape index (κ3) is 2.99. The summed E-state index contributed by atoms with van der Waals surface area (Å²) in [7, 11) is 2.00. The second kappa shape index (κ2) is 5.52. The maximum Gasteiger partial charge on any atom is 0.417 e. The van der Waals surface area contributed by atoms with Crippen LogP contribution in [0.25, 0.3) is 11.1 Å². The Kier molecular flexibility index (Phi) is 3.80. The van der Waals surface area contributed by atoms with Gasteiger partial charge in [-0.3, -0.25) is 4.98 Å². The average molecular weight is 245 g/mol. The first-order valence-corrected chi connectivity index (χ1v) is 5.86. The van der Waals surface area contributed by atoms with E-state index in [4.69, 9.17) is 9.68 Å². The Morgan fingerprint density at radius 2 is 2.28 bits per heavy atom. The van der Waals surface area contributed by atoms with Gasteiger partial charge in [0.25, 0.3) is 0 Å². The molecule has 5 nitrogen and oxygen atoms in total. The van der Waals surface area contributed by atoms with Crippen LogP contribution < -0.4 is 5.76 Å². The van der Waals surface area contributed by atoms with Gasteiger partial charge in [-0.15, -0.1) is 0 Å². The van der Waals surface area contributed by atoms with Gasteiger partial charge in [0.1, 0.15) is 0 Å². The lowest BCUT2D eigenvalue weighted by Gasteiger charge is -2.14. The molecule has 5 heteroatoms. The number of nitrogens with one attached hydrogen (secondary N) is 1. The Balaban J connectivity index is 1.99. The van der Waals surface area contributed by atoms with Crippen LogP contribution in [0, 0.1) is 11.3 Å². The number of rotatable bonds is 5. The van der Waals surface area contributed by atoms with Crippen molar-refractivity contribution in [3.8, 4) is 6.07 Å². The van der Waals surface area contributed by atoms with Gasteiger partial charge in [0.05, 0.1) is 11.6 Å². The van der Waals surface area contributed by atoms with Crippen molar-refractivity contribution in [2.75, 3.05) is 20.1 Å². The van der Waals surface area contributed by atoms with E-state index in [0.717, 1.165) is 30.6 Å². The van der Waals surface area contributed by atoms with E-state index in [1.165, 1.54) is 0 Å². The largest absolute Gasteiger partial charge is 0.417 e. The number of oxazole rings is 1. The Morgan fingerprint density at radius 1 is 1.44 bits per heavy atom. The van der Waals surface area contributed by atoms with Crippen LogP contribution in [0.5, 0.6) is 0 Å². The number of nitriles is 1. The minimum absolute atomic E-state index is 0.423. The predicted octanol–water partition coefficient (Wildman–Crippen LogP) is 1.51. The van der Waals surface area contributed by atoms with Crippen LogP contribution in [0.2, 0.25) is 0 Å². The summed E-state index contributed by atoms with van der Waals surface area (Å²) < 4.78 is 4.94. The van der Waals surface area contributed by atoms with Crippen LogP contribution in [0.15, 0.2) is 27.4 Å². The summed E-state index contributed by atoms with van der Waals surface area (Å²) in [4.78, 5) is 15.8. The van der Waals surface area contributed by atoms with Gasteiger partial charge in [0.15, 0.2) is 5.58 Å². The zero-order valence-corrected chi connectivity index (χ0v) is 10.3. The molecule has 0 unspecified atom stereocenters. The first-order valence-electron chi connectivity index (χ1n) is 5.86. The first kappa shape index (κ1) is 12.4. The molecule has 2 aromatic rings. The topological polar surface area (TPSA) is 73.0 Å². The molecule has 0 amide bonds. The molecule has 1 heterocycles. The number of H-pyrrole nitrogens is 1. The van der Waals surface area contributed by atoms with Crippen molar-refractivity contribution in [2.45, 2.75) is 12.8 Å². The van der Waals surface area contributed by atoms with Crippen LogP contribution in [0.4, 0.5) is 0 Å². The fourth-order valence-electron chi connectivity index (χ4n) is 1.83. The van der Waals surface area contributed by atoms with Gasteiger partial charge >= 0.3 is 5.76 Å². The van der Waals surface area contributed by atoms with Crippen LogP contribution in [-0.2, 0) is 6.42 Å². The van der Waals surface area contributed by atoms with Crippen molar-refractivity contribution in [2.24, 2.45) is 0 Å². The molecule has 2 rings (SSSR count). The number of nitrogens with zero attached hydrogens (tertiary/aromatic N) is 2. The fraction of sp³-hybridized carbons (Fsp3) is 0.385. The third-order valence-electron chi connectivity index (χ3n) is 2.87. The predicted molar refractivity (Wildman–Crippen MR) is 68.3 cm³/mol. The molecule has 1 aromatic heterocycles. The Morgan fingerprint density at radius 3 is 3.06 bits per heavy atom. The highest BCUT2D eigenvalue weighted by atomic mass is 16.4. The number of hydrogen-bond donors (Lipinski definition) is 1. The van der Waals surface area contributed by atoms with E-state index >= 15 is 0 Å². The van der Waals surface area contributed by atoms with Crippen LogP contribution >= 0.6 is 0 Å². The molecule has 0 fully saturated rings. The molecular weight excluding hydrogens is 230 g/mol. The van der Waals surface area contributed by atoms with Gasteiger partial charge in [0.2, 0.25) is 0 Å². The van der Waals surface area contributed by atoms with Gasteiger partial charge in [0, 0.05) is 19.5 Å². The van der Waals surface area contributed by atoms with E-state index in [-0.39, 0.29) is 0 Å². The molecule has 0 spiro atoms. The van der Waals surface area contributed by atoms with E-state index in [1.54, 1.807) is 6.07 Å². The van der Waals surface area contributed by atoms with E-state index in [0.29, 0.717) is 12.0 Å². The smallest absolute Gasteiger partial charge is 0.408 e. The average Bonchev–Trinajstić information content (AvgIpc) is 2.73. The Hall–Kier alpha value is -2.06. The monoisotopic (exact) mass is 245 g/mol. The molecule has 0 bridgehead atoms. The van der Waals surface area contributed by atoms with Gasteiger partial charge < -0.3 is 9.32 Å². The zero-order chi connectivity index (χ0) is 13.0. The molecule has 0 saturated carbocycles. The normalized spacial score (nSPS) is 10.9. The summed E-state index contributed by atoms with van der Waals surface area (Å²) in [5, 5.41) is 8.50. The van der Waals surface area contributed by atoms with E-state index in [9.17, 15) is 4.79 Å². The van der Waals surface area contributed by atoms with E-state index in [1.807, 2.05) is 19.2 Å². The molecule has 18 heavy (non-hydrogen) atoms. The molecule has 0 saturated heterocycles. The van der Waals surface area contributed by atoms with Crippen molar-refractivity contribution < 1.29 is 4.42 Å². The van der Waals surface area contributed by atoms with Gasteiger partial charge in [-0.25, -0.2) is 4.79 Å². The Labute approximate surface area is 105 Å². The van der Waals surface area contributed by atoms with Gasteiger partial charge in [-0.1, -0.05) is 6.07 Å². The quantitative estimate of drug-likeness (QED) is 0.866. The maximum absolute atomic E-state index is 11.0. The molecular formula is C13H15N3O2. The molecule has 0 aliphatic heterocycles. The van der Waals surface area contributed by atoms with Crippen molar-refractivity contribution in [3.05, 3.63) is 34.3 Å².